The minimum absolute atomic E-state index is 0.0359. The van der Waals surface area contributed by atoms with Gasteiger partial charge in [-0.2, -0.15) is 0 Å². The fraction of sp³-hybridized carbons (Fsp3) is 0.591. The van der Waals surface area contributed by atoms with Crippen LogP contribution >= 0.6 is 11.3 Å². The van der Waals surface area contributed by atoms with Crippen molar-refractivity contribution >= 4 is 28.1 Å². The Morgan fingerprint density at radius 1 is 1.21 bits per heavy atom. The zero-order chi connectivity index (χ0) is 20.0. The van der Waals surface area contributed by atoms with E-state index in [1.807, 2.05) is 13.0 Å². The number of carbonyl (C=O) groups is 1. The van der Waals surface area contributed by atoms with Gasteiger partial charge in [0.1, 0.15) is 5.01 Å². The Morgan fingerprint density at radius 2 is 2.00 bits per heavy atom. The van der Waals surface area contributed by atoms with Gasteiger partial charge in [0.15, 0.2) is 0 Å². The van der Waals surface area contributed by atoms with Crippen molar-refractivity contribution in [2.24, 2.45) is 0 Å². The van der Waals surface area contributed by atoms with E-state index in [-0.39, 0.29) is 5.91 Å². The molecule has 2 unspecified atom stereocenters. The van der Waals surface area contributed by atoms with Crippen LogP contribution in [0.15, 0.2) is 24.3 Å². The van der Waals surface area contributed by atoms with Crippen molar-refractivity contribution in [2.45, 2.75) is 70.0 Å². The van der Waals surface area contributed by atoms with Gasteiger partial charge in [-0.25, -0.2) is 0 Å². The van der Waals surface area contributed by atoms with Crippen LogP contribution in [0.3, 0.4) is 0 Å². The minimum atomic E-state index is -0.0359. The van der Waals surface area contributed by atoms with Crippen LogP contribution in [0.2, 0.25) is 0 Å². The summed E-state index contributed by atoms with van der Waals surface area (Å²) in [7, 11) is 0. The van der Waals surface area contributed by atoms with Crippen LogP contribution in [-0.2, 0) is 4.79 Å². The molecule has 1 aromatic heterocycles. The third-order valence-corrected chi connectivity index (χ3v) is 7.24. The van der Waals surface area contributed by atoms with E-state index < -0.39 is 0 Å². The molecule has 2 atom stereocenters. The van der Waals surface area contributed by atoms with Gasteiger partial charge < -0.3 is 10.2 Å². The van der Waals surface area contributed by atoms with Gasteiger partial charge >= 0.3 is 0 Å². The summed E-state index contributed by atoms with van der Waals surface area (Å²) in [6, 6.07) is 10.5. The first-order valence-corrected chi connectivity index (χ1v) is 11.6. The molecule has 6 nitrogen and oxygen atoms in total. The number of aromatic nitrogens is 2. The highest BCUT2D eigenvalue weighted by molar-refractivity contribution is 7.15. The molecule has 2 saturated carbocycles. The number of amides is 1. The van der Waals surface area contributed by atoms with Gasteiger partial charge in [0.05, 0.1) is 5.69 Å². The Morgan fingerprint density at radius 3 is 2.66 bits per heavy atom. The molecule has 0 bridgehead atoms. The molecule has 154 valence electrons. The molecular formula is C22H29N5OS. The van der Waals surface area contributed by atoms with Crippen molar-refractivity contribution < 1.29 is 4.79 Å². The van der Waals surface area contributed by atoms with Gasteiger partial charge in [-0.15, -0.1) is 10.2 Å². The van der Waals surface area contributed by atoms with E-state index in [9.17, 15) is 4.79 Å². The van der Waals surface area contributed by atoms with Crippen LogP contribution in [0.25, 0.3) is 0 Å². The number of carbonyl (C=O) groups excluding carboxylic acids is 1. The van der Waals surface area contributed by atoms with Crippen molar-refractivity contribution in [1.82, 2.24) is 20.4 Å². The molecule has 1 N–H and O–H groups in total. The molecule has 1 aliphatic heterocycles. The van der Waals surface area contributed by atoms with E-state index in [1.54, 1.807) is 11.8 Å². The summed E-state index contributed by atoms with van der Waals surface area (Å²) in [6.45, 7) is 6.00. The molecule has 2 aromatic rings. The fourth-order valence-electron chi connectivity index (χ4n) is 4.62. The SMILES string of the molecule is CC(=O)N(c1cccc(C2CC2NC2CCN(C3CC3)CC2)c1)c1nnc(C)s1. The van der Waals surface area contributed by atoms with Gasteiger partial charge in [0.2, 0.25) is 11.0 Å². The second-order valence-electron chi connectivity index (χ2n) is 8.71. The average Bonchev–Trinajstić information content (AvgIpc) is 3.63. The van der Waals surface area contributed by atoms with Crippen molar-refractivity contribution in [2.75, 3.05) is 18.0 Å². The summed E-state index contributed by atoms with van der Waals surface area (Å²) in [5, 5.41) is 13.7. The number of hydrogen-bond acceptors (Lipinski definition) is 6. The standard InChI is InChI=1S/C22H29N5OS/c1-14-24-25-22(29-14)27(15(2)28)19-5-3-4-16(12-19)20-13-21(20)23-17-8-10-26(11-9-17)18-6-7-18/h3-5,12,17-18,20-21,23H,6-11,13H2,1-2H3. The highest BCUT2D eigenvalue weighted by Crippen LogP contribution is 2.43. The number of benzene rings is 1. The van der Waals surface area contributed by atoms with Crippen LogP contribution in [0.4, 0.5) is 10.8 Å². The number of likely N-dealkylation sites (tertiary alicyclic amines) is 1. The maximum atomic E-state index is 12.3. The molecule has 2 aliphatic carbocycles. The van der Waals surface area contributed by atoms with E-state index in [0.29, 0.717) is 23.1 Å². The van der Waals surface area contributed by atoms with Crippen LogP contribution < -0.4 is 10.2 Å². The number of nitrogens with one attached hydrogen (secondary N) is 1. The monoisotopic (exact) mass is 411 g/mol. The van der Waals surface area contributed by atoms with Crippen LogP contribution in [-0.4, -0.2) is 52.2 Å². The molecule has 5 rings (SSSR count). The number of hydrogen-bond donors (Lipinski definition) is 1. The lowest BCUT2D eigenvalue weighted by molar-refractivity contribution is -0.115. The molecule has 3 aliphatic rings. The molecule has 1 saturated heterocycles. The molecule has 0 spiro atoms. The molecule has 0 radical (unpaired) electrons. The Labute approximate surface area is 176 Å². The second kappa shape index (κ2) is 7.78. The number of anilines is 2. The predicted molar refractivity (Wildman–Crippen MR) is 116 cm³/mol. The first-order chi connectivity index (χ1) is 14.1. The maximum Gasteiger partial charge on any atom is 0.230 e. The molecule has 2 heterocycles. The molecule has 7 heteroatoms. The lowest BCUT2D eigenvalue weighted by Gasteiger charge is -2.32. The largest absolute Gasteiger partial charge is 0.311 e. The summed E-state index contributed by atoms with van der Waals surface area (Å²) in [6.07, 6.45) is 6.55. The Hall–Kier alpha value is -1.83. The molecular weight excluding hydrogens is 382 g/mol. The second-order valence-corrected chi connectivity index (χ2v) is 9.87. The number of rotatable bonds is 6. The van der Waals surface area contributed by atoms with E-state index in [0.717, 1.165) is 16.7 Å². The smallest absolute Gasteiger partial charge is 0.230 e. The minimum Gasteiger partial charge on any atom is -0.311 e. The molecule has 29 heavy (non-hydrogen) atoms. The summed E-state index contributed by atoms with van der Waals surface area (Å²) >= 11 is 1.45. The quantitative estimate of drug-likeness (QED) is 0.787. The van der Waals surface area contributed by atoms with Gasteiger partial charge in [0.25, 0.3) is 0 Å². The summed E-state index contributed by atoms with van der Waals surface area (Å²) < 4.78 is 0. The van der Waals surface area contributed by atoms with Gasteiger partial charge in [-0.05, 0) is 69.8 Å². The predicted octanol–water partition coefficient (Wildman–Crippen LogP) is 3.60. The van der Waals surface area contributed by atoms with Crippen molar-refractivity contribution in [1.29, 1.82) is 0 Å². The molecule has 3 fully saturated rings. The first-order valence-electron chi connectivity index (χ1n) is 10.8. The van der Waals surface area contributed by atoms with Crippen LogP contribution in [0.5, 0.6) is 0 Å². The van der Waals surface area contributed by atoms with E-state index in [4.69, 9.17) is 0 Å². The maximum absolute atomic E-state index is 12.3. The number of piperidine rings is 1. The van der Waals surface area contributed by atoms with E-state index in [2.05, 4.69) is 38.6 Å². The van der Waals surface area contributed by atoms with E-state index >= 15 is 0 Å². The lowest BCUT2D eigenvalue weighted by Crippen LogP contribution is -2.44. The van der Waals surface area contributed by atoms with E-state index in [1.165, 1.54) is 62.1 Å². The molecule has 1 amide bonds. The van der Waals surface area contributed by atoms with Crippen LogP contribution in [0.1, 0.15) is 55.5 Å². The highest BCUT2D eigenvalue weighted by Gasteiger charge is 2.41. The summed E-state index contributed by atoms with van der Waals surface area (Å²) in [5.41, 5.74) is 2.19. The van der Waals surface area contributed by atoms with Crippen molar-refractivity contribution in [3.05, 3.63) is 34.8 Å². The average molecular weight is 412 g/mol. The third kappa shape index (κ3) is 4.22. The first kappa shape index (κ1) is 19.2. The van der Waals surface area contributed by atoms with Crippen molar-refractivity contribution in [3.8, 4) is 0 Å². The molecule has 1 aromatic carbocycles. The number of aryl methyl sites for hydroxylation is 1. The zero-order valence-electron chi connectivity index (χ0n) is 17.2. The van der Waals surface area contributed by atoms with Gasteiger partial charge in [0, 0.05) is 31.0 Å². The lowest BCUT2D eigenvalue weighted by atomic mass is 10.0. The Bertz CT molecular complexity index is 887. The summed E-state index contributed by atoms with van der Waals surface area (Å²) in [4.78, 5) is 16.7. The van der Waals surface area contributed by atoms with Crippen LogP contribution in [0, 0.1) is 6.92 Å². The number of nitrogens with zero attached hydrogens (tertiary/aromatic N) is 4. The van der Waals surface area contributed by atoms with Gasteiger partial charge in [-0.3, -0.25) is 9.69 Å². The fourth-order valence-corrected chi connectivity index (χ4v) is 5.37. The normalized spacial score (nSPS) is 25.2. The topological polar surface area (TPSA) is 61.4 Å². The Kier molecular flexibility index (Phi) is 5.14. The summed E-state index contributed by atoms with van der Waals surface area (Å²) in [5.74, 6) is 0.507. The highest BCUT2D eigenvalue weighted by atomic mass is 32.1. The van der Waals surface area contributed by atoms with Crippen molar-refractivity contribution in [3.63, 3.8) is 0 Å². The Balaban J connectivity index is 1.23. The van der Waals surface area contributed by atoms with Gasteiger partial charge in [-0.1, -0.05) is 23.5 Å². The third-order valence-electron chi connectivity index (χ3n) is 6.41. The zero-order valence-corrected chi connectivity index (χ0v) is 18.0.